The van der Waals surface area contributed by atoms with Gasteiger partial charge in [0, 0.05) is 44.0 Å². The van der Waals surface area contributed by atoms with E-state index in [1.165, 1.54) is 33.5 Å². The van der Waals surface area contributed by atoms with Crippen molar-refractivity contribution in [2.45, 2.75) is 0 Å². The number of rotatable bonds is 6. The molecule has 3 rings (SSSR count). The Morgan fingerprint density at radius 1 is 0.897 bits per heavy atom. The lowest BCUT2D eigenvalue weighted by atomic mass is 10.1. The average molecular weight is 401 g/mol. The molecule has 0 unspecified atom stereocenters. The summed E-state index contributed by atoms with van der Waals surface area (Å²) in [6.07, 6.45) is 0. The highest BCUT2D eigenvalue weighted by molar-refractivity contribution is 5.98. The third-order valence-electron chi connectivity index (χ3n) is 4.93. The van der Waals surface area contributed by atoms with Crippen LogP contribution in [0, 0.1) is 10.1 Å². The van der Waals surface area contributed by atoms with Gasteiger partial charge in [-0.3, -0.25) is 14.9 Å². The van der Waals surface area contributed by atoms with E-state index >= 15 is 0 Å². The number of carbonyl (C=O) groups excluding carboxylic acids is 1. The summed E-state index contributed by atoms with van der Waals surface area (Å²) >= 11 is 0. The van der Waals surface area contributed by atoms with Crippen LogP contribution in [0.2, 0.25) is 0 Å². The minimum atomic E-state index is -0.420. The van der Waals surface area contributed by atoms with Gasteiger partial charge in [-0.2, -0.15) is 0 Å². The van der Waals surface area contributed by atoms with Crippen molar-refractivity contribution < 1.29 is 23.9 Å². The van der Waals surface area contributed by atoms with Crippen LogP contribution in [0.4, 0.5) is 11.4 Å². The molecule has 1 aliphatic heterocycles. The summed E-state index contributed by atoms with van der Waals surface area (Å²) in [5.74, 6) is 1.06. The maximum atomic E-state index is 13.1. The predicted molar refractivity (Wildman–Crippen MR) is 107 cm³/mol. The van der Waals surface area contributed by atoms with Crippen molar-refractivity contribution in [2.24, 2.45) is 0 Å². The fourth-order valence-electron chi connectivity index (χ4n) is 3.39. The summed E-state index contributed by atoms with van der Waals surface area (Å²) in [6, 6.07) is 9.79. The smallest absolute Gasteiger partial charge is 0.269 e. The predicted octanol–water partition coefficient (Wildman–Crippen LogP) is 2.58. The van der Waals surface area contributed by atoms with Crippen LogP contribution >= 0.6 is 0 Å². The zero-order chi connectivity index (χ0) is 21.0. The number of ether oxygens (including phenoxy) is 3. The van der Waals surface area contributed by atoms with Gasteiger partial charge < -0.3 is 24.0 Å². The van der Waals surface area contributed by atoms with Gasteiger partial charge in [-0.05, 0) is 24.3 Å². The fourth-order valence-corrected chi connectivity index (χ4v) is 3.39. The van der Waals surface area contributed by atoms with Crippen molar-refractivity contribution in [1.29, 1.82) is 0 Å². The van der Waals surface area contributed by atoms with Gasteiger partial charge in [0.15, 0.2) is 11.5 Å². The lowest BCUT2D eigenvalue weighted by Crippen LogP contribution is -2.48. The van der Waals surface area contributed by atoms with E-state index in [2.05, 4.69) is 4.90 Å². The number of amides is 1. The molecule has 0 saturated carbocycles. The highest BCUT2D eigenvalue weighted by Crippen LogP contribution is 2.40. The molecule has 1 heterocycles. The fraction of sp³-hybridized carbons (Fsp3) is 0.350. The number of nitro groups is 1. The second-order valence-electron chi connectivity index (χ2n) is 6.43. The Kier molecular flexibility index (Phi) is 6.06. The monoisotopic (exact) mass is 401 g/mol. The third-order valence-corrected chi connectivity index (χ3v) is 4.93. The lowest BCUT2D eigenvalue weighted by Gasteiger charge is -2.36. The molecule has 29 heavy (non-hydrogen) atoms. The Labute approximate surface area is 168 Å². The molecule has 2 aromatic rings. The van der Waals surface area contributed by atoms with E-state index in [9.17, 15) is 14.9 Å². The molecule has 1 saturated heterocycles. The first-order valence-corrected chi connectivity index (χ1v) is 9.07. The standard InChI is InChI=1S/C20H23N3O6/c1-27-17-9-8-16(18(28-2)19(17)29-3)20(24)22-12-10-21(11-13-22)14-4-6-15(7-5-14)23(25)26/h4-9H,10-13H2,1-3H3. The first-order chi connectivity index (χ1) is 14.0. The normalized spacial score (nSPS) is 13.8. The van der Waals surface area contributed by atoms with E-state index in [0.29, 0.717) is 49.0 Å². The minimum Gasteiger partial charge on any atom is -0.493 e. The van der Waals surface area contributed by atoms with Crippen LogP contribution in [0.3, 0.4) is 0 Å². The third kappa shape index (κ3) is 4.03. The molecule has 0 radical (unpaired) electrons. The molecule has 0 atom stereocenters. The van der Waals surface area contributed by atoms with Gasteiger partial charge in [-0.1, -0.05) is 0 Å². The van der Waals surface area contributed by atoms with Gasteiger partial charge >= 0.3 is 0 Å². The maximum Gasteiger partial charge on any atom is 0.269 e. The molecule has 0 N–H and O–H groups in total. The highest BCUT2D eigenvalue weighted by atomic mass is 16.6. The molecule has 0 spiro atoms. The summed E-state index contributed by atoms with van der Waals surface area (Å²) in [5, 5.41) is 10.8. The zero-order valence-electron chi connectivity index (χ0n) is 16.6. The molecule has 9 heteroatoms. The number of carbonyl (C=O) groups is 1. The van der Waals surface area contributed by atoms with E-state index < -0.39 is 4.92 Å². The Hall–Kier alpha value is -3.49. The van der Waals surface area contributed by atoms with Gasteiger partial charge in [0.25, 0.3) is 11.6 Å². The first-order valence-electron chi connectivity index (χ1n) is 9.07. The van der Waals surface area contributed by atoms with Crippen LogP contribution in [-0.2, 0) is 0 Å². The molecule has 1 aliphatic rings. The lowest BCUT2D eigenvalue weighted by molar-refractivity contribution is -0.384. The van der Waals surface area contributed by atoms with Gasteiger partial charge in [0.1, 0.15) is 0 Å². The van der Waals surface area contributed by atoms with E-state index in [1.807, 2.05) is 0 Å². The topological polar surface area (TPSA) is 94.4 Å². The van der Waals surface area contributed by atoms with E-state index in [4.69, 9.17) is 14.2 Å². The SMILES string of the molecule is COc1ccc(C(=O)N2CCN(c3ccc([N+](=O)[O-])cc3)CC2)c(OC)c1OC. The van der Waals surface area contributed by atoms with Crippen LogP contribution in [-0.4, -0.2) is 63.2 Å². The summed E-state index contributed by atoms with van der Waals surface area (Å²) in [7, 11) is 4.51. The second-order valence-corrected chi connectivity index (χ2v) is 6.43. The summed E-state index contributed by atoms with van der Waals surface area (Å²) in [5.41, 5.74) is 1.36. The van der Waals surface area contributed by atoms with Crippen molar-refractivity contribution in [3.63, 3.8) is 0 Å². The Balaban J connectivity index is 1.72. The molecule has 1 fully saturated rings. The summed E-state index contributed by atoms with van der Waals surface area (Å²) in [6.45, 7) is 2.29. The Morgan fingerprint density at radius 3 is 2.03 bits per heavy atom. The summed E-state index contributed by atoms with van der Waals surface area (Å²) < 4.78 is 16.1. The van der Waals surface area contributed by atoms with Crippen molar-refractivity contribution in [2.75, 3.05) is 52.4 Å². The first kappa shape index (κ1) is 20.2. The van der Waals surface area contributed by atoms with Gasteiger partial charge in [0.05, 0.1) is 31.8 Å². The Bertz CT molecular complexity index is 892. The van der Waals surface area contributed by atoms with Crippen LogP contribution in [0.15, 0.2) is 36.4 Å². The quantitative estimate of drug-likeness (QED) is 0.542. The van der Waals surface area contributed by atoms with Crippen molar-refractivity contribution in [3.05, 3.63) is 52.1 Å². The van der Waals surface area contributed by atoms with Gasteiger partial charge in [0.2, 0.25) is 5.75 Å². The second kappa shape index (κ2) is 8.68. The number of hydrogen-bond acceptors (Lipinski definition) is 7. The average Bonchev–Trinajstić information content (AvgIpc) is 2.77. The van der Waals surface area contributed by atoms with Crippen molar-refractivity contribution >= 4 is 17.3 Å². The molecule has 9 nitrogen and oxygen atoms in total. The van der Waals surface area contributed by atoms with Crippen LogP contribution in [0.1, 0.15) is 10.4 Å². The van der Waals surface area contributed by atoms with Crippen molar-refractivity contribution in [1.82, 2.24) is 4.90 Å². The number of hydrogen-bond donors (Lipinski definition) is 0. The van der Waals surface area contributed by atoms with Crippen LogP contribution < -0.4 is 19.1 Å². The molecule has 1 amide bonds. The van der Waals surface area contributed by atoms with E-state index in [-0.39, 0.29) is 11.6 Å². The van der Waals surface area contributed by atoms with Crippen molar-refractivity contribution in [3.8, 4) is 17.2 Å². The molecular formula is C20H23N3O6. The Morgan fingerprint density at radius 2 is 1.52 bits per heavy atom. The molecule has 2 aromatic carbocycles. The largest absolute Gasteiger partial charge is 0.493 e. The zero-order valence-corrected chi connectivity index (χ0v) is 16.6. The number of piperazine rings is 1. The van der Waals surface area contributed by atoms with E-state index in [1.54, 1.807) is 29.2 Å². The molecule has 0 aromatic heterocycles. The summed E-state index contributed by atoms with van der Waals surface area (Å²) in [4.78, 5) is 27.3. The van der Waals surface area contributed by atoms with Gasteiger partial charge in [-0.15, -0.1) is 0 Å². The van der Waals surface area contributed by atoms with Crippen LogP contribution in [0.25, 0.3) is 0 Å². The molecule has 0 bridgehead atoms. The highest BCUT2D eigenvalue weighted by Gasteiger charge is 2.27. The molecular weight excluding hydrogens is 378 g/mol. The molecule has 154 valence electrons. The number of non-ortho nitro benzene ring substituents is 1. The minimum absolute atomic E-state index is 0.0584. The maximum absolute atomic E-state index is 13.1. The molecule has 0 aliphatic carbocycles. The number of nitrogens with zero attached hydrogens (tertiary/aromatic N) is 3. The van der Waals surface area contributed by atoms with Crippen LogP contribution in [0.5, 0.6) is 17.2 Å². The number of nitro benzene ring substituents is 1. The van der Waals surface area contributed by atoms with E-state index in [0.717, 1.165) is 5.69 Å². The number of anilines is 1. The van der Waals surface area contributed by atoms with Gasteiger partial charge in [-0.25, -0.2) is 0 Å². The number of methoxy groups -OCH3 is 3. The number of benzene rings is 2.